The molecule has 1 aromatic heterocycles. The lowest BCUT2D eigenvalue weighted by atomic mass is 10.3. The minimum Gasteiger partial charge on any atom is -0.373 e. The number of ether oxygens (including phenoxy) is 1. The van der Waals surface area contributed by atoms with Gasteiger partial charge in [0.25, 0.3) is 5.95 Å². The molecule has 0 spiro atoms. The van der Waals surface area contributed by atoms with Gasteiger partial charge < -0.3 is 9.64 Å². The summed E-state index contributed by atoms with van der Waals surface area (Å²) < 4.78 is 7.28. The van der Waals surface area contributed by atoms with Crippen molar-refractivity contribution in [3.63, 3.8) is 0 Å². The highest BCUT2D eigenvalue weighted by Gasteiger charge is 2.24. The van der Waals surface area contributed by atoms with Crippen LogP contribution < -0.4 is 4.90 Å². The number of alkyl halides is 1. The molecule has 0 bridgehead atoms. The first kappa shape index (κ1) is 12.4. The number of anilines is 1. The summed E-state index contributed by atoms with van der Waals surface area (Å²) in [7, 11) is 0. The van der Waals surface area contributed by atoms with E-state index in [9.17, 15) is 0 Å². The Kier molecular flexibility index (Phi) is 3.61. The van der Waals surface area contributed by atoms with Crippen molar-refractivity contribution in [1.82, 2.24) is 20.2 Å². The number of hydrogen-bond acceptors (Lipinski definition) is 5. The van der Waals surface area contributed by atoms with E-state index < -0.39 is 0 Å². The molecule has 0 amide bonds. The van der Waals surface area contributed by atoms with Crippen LogP contribution in [0.1, 0.15) is 0 Å². The van der Waals surface area contributed by atoms with Gasteiger partial charge in [-0.1, -0.05) is 23.3 Å². The van der Waals surface area contributed by atoms with Gasteiger partial charge in [-0.25, -0.2) is 0 Å². The Morgan fingerprint density at radius 2 is 2.16 bits per heavy atom. The number of rotatable bonds is 3. The van der Waals surface area contributed by atoms with E-state index in [1.807, 2.05) is 30.3 Å². The lowest BCUT2D eigenvalue weighted by molar-refractivity contribution is 0.0547. The number of aromatic nitrogens is 4. The minimum atomic E-state index is 0.0244. The Hall–Kier alpha value is -1.66. The largest absolute Gasteiger partial charge is 0.373 e. The minimum absolute atomic E-state index is 0.0244. The van der Waals surface area contributed by atoms with Gasteiger partial charge in [-0.05, 0) is 22.6 Å². The molecule has 0 saturated carbocycles. The predicted molar refractivity (Wildman–Crippen MR) is 71.8 cm³/mol. The van der Waals surface area contributed by atoms with Gasteiger partial charge in [-0.2, -0.15) is 4.68 Å². The summed E-state index contributed by atoms with van der Waals surface area (Å²) in [4.78, 5) is 2.10. The SMILES string of the molecule is ClCC1CN(c2nnnn2-c2ccccc2)CCO1. The molecule has 1 aliphatic rings. The summed E-state index contributed by atoms with van der Waals surface area (Å²) in [5.74, 6) is 1.20. The van der Waals surface area contributed by atoms with Gasteiger partial charge in [0.1, 0.15) is 0 Å². The second kappa shape index (κ2) is 5.54. The quantitative estimate of drug-likeness (QED) is 0.788. The number of nitrogens with zero attached hydrogens (tertiary/aromatic N) is 5. The molecule has 2 aromatic rings. The van der Waals surface area contributed by atoms with Gasteiger partial charge in [-0.3, -0.25) is 0 Å². The van der Waals surface area contributed by atoms with E-state index in [2.05, 4.69) is 20.4 Å². The molecular formula is C12H14ClN5O. The zero-order chi connectivity index (χ0) is 13.1. The van der Waals surface area contributed by atoms with Crippen LogP contribution in [0.25, 0.3) is 5.69 Å². The van der Waals surface area contributed by atoms with Crippen LogP contribution >= 0.6 is 11.6 Å². The van der Waals surface area contributed by atoms with E-state index in [0.717, 1.165) is 18.2 Å². The summed E-state index contributed by atoms with van der Waals surface area (Å²) >= 11 is 5.85. The van der Waals surface area contributed by atoms with Gasteiger partial charge in [-0.15, -0.1) is 11.6 Å². The first-order valence-corrected chi connectivity index (χ1v) is 6.68. The number of morpholine rings is 1. The fourth-order valence-electron chi connectivity index (χ4n) is 2.11. The van der Waals surface area contributed by atoms with Crippen LogP contribution in [0, 0.1) is 0 Å². The van der Waals surface area contributed by atoms with E-state index in [-0.39, 0.29) is 6.10 Å². The molecule has 1 fully saturated rings. The van der Waals surface area contributed by atoms with Crippen LogP contribution in [-0.4, -0.2) is 51.9 Å². The standard InChI is InChI=1S/C12H14ClN5O/c13-8-11-9-17(6-7-19-11)12-14-15-16-18(12)10-4-2-1-3-5-10/h1-5,11H,6-9H2. The smallest absolute Gasteiger partial charge is 0.250 e. The van der Waals surface area contributed by atoms with Crippen LogP contribution in [0.4, 0.5) is 5.95 Å². The molecule has 1 aliphatic heterocycles. The molecule has 1 saturated heterocycles. The van der Waals surface area contributed by atoms with E-state index in [4.69, 9.17) is 16.3 Å². The Labute approximate surface area is 115 Å². The van der Waals surface area contributed by atoms with Crippen molar-refractivity contribution >= 4 is 17.5 Å². The van der Waals surface area contributed by atoms with Crippen LogP contribution in [-0.2, 0) is 4.74 Å². The van der Waals surface area contributed by atoms with E-state index in [1.54, 1.807) is 4.68 Å². The lowest BCUT2D eigenvalue weighted by Crippen LogP contribution is -2.44. The number of hydrogen-bond donors (Lipinski definition) is 0. The van der Waals surface area contributed by atoms with Gasteiger partial charge >= 0.3 is 0 Å². The molecule has 7 heteroatoms. The first-order chi connectivity index (χ1) is 9.38. The third kappa shape index (κ3) is 2.54. The van der Waals surface area contributed by atoms with Crippen molar-refractivity contribution in [3.8, 4) is 5.69 Å². The average Bonchev–Trinajstić information content (AvgIpc) is 2.98. The zero-order valence-corrected chi connectivity index (χ0v) is 11.1. The molecule has 100 valence electrons. The molecule has 1 unspecified atom stereocenters. The molecule has 0 aliphatic carbocycles. The molecular weight excluding hydrogens is 266 g/mol. The summed E-state index contributed by atoms with van der Waals surface area (Å²) in [5, 5.41) is 11.9. The predicted octanol–water partition coefficient (Wildman–Crippen LogP) is 1.11. The highest BCUT2D eigenvalue weighted by atomic mass is 35.5. The maximum absolute atomic E-state index is 5.85. The summed E-state index contributed by atoms with van der Waals surface area (Å²) in [5.41, 5.74) is 0.941. The third-order valence-corrected chi connectivity index (χ3v) is 3.39. The lowest BCUT2D eigenvalue weighted by Gasteiger charge is -2.32. The fraction of sp³-hybridized carbons (Fsp3) is 0.417. The zero-order valence-electron chi connectivity index (χ0n) is 10.3. The second-order valence-electron chi connectivity index (χ2n) is 4.32. The molecule has 2 heterocycles. The fourth-order valence-corrected chi connectivity index (χ4v) is 2.30. The van der Waals surface area contributed by atoms with Crippen LogP contribution in [0.2, 0.25) is 0 Å². The summed E-state index contributed by atoms with van der Waals surface area (Å²) in [6, 6.07) is 9.83. The first-order valence-electron chi connectivity index (χ1n) is 6.15. The van der Waals surface area contributed by atoms with Crippen molar-refractivity contribution in [2.75, 3.05) is 30.5 Å². The molecule has 1 aromatic carbocycles. The van der Waals surface area contributed by atoms with Gasteiger partial charge in [0.15, 0.2) is 0 Å². The van der Waals surface area contributed by atoms with Gasteiger partial charge in [0, 0.05) is 13.1 Å². The van der Waals surface area contributed by atoms with Crippen LogP contribution in [0.15, 0.2) is 30.3 Å². The highest BCUT2D eigenvalue weighted by Crippen LogP contribution is 2.18. The Balaban J connectivity index is 1.88. The molecule has 1 atom stereocenters. The normalized spacial score (nSPS) is 19.6. The second-order valence-corrected chi connectivity index (χ2v) is 4.63. The topological polar surface area (TPSA) is 56.1 Å². The molecule has 0 N–H and O–H groups in total. The third-order valence-electron chi connectivity index (χ3n) is 3.05. The van der Waals surface area contributed by atoms with Crippen LogP contribution in [0.3, 0.4) is 0 Å². The van der Waals surface area contributed by atoms with Crippen LogP contribution in [0.5, 0.6) is 0 Å². The Bertz CT molecular complexity index is 532. The van der Waals surface area contributed by atoms with Crippen molar-refractivity contribution < 1.29 is 4.74 Å². The summed E-state index contributed by atoms with van der Waals surface area (Å²) in [6.45, 7) is 2.11. The van der Waals surface area contributed by atoms with Crippen molar-refractivity contribution in [2.45, 2.75) is 6.10 Å². The highest BCUT2D eigenvalue weighted by molar-refractivity contribution is 6.18. The van der Waals surface area contributed by atoms with Crippen molar-refractivity contribution in [1.29, 1.82) is 0 Å². The van der Waals surface area contributed by atoms with Crippen molar-refractivity contribution in [2.24, 2.45) is 0 Å². The van der Waals surface area contributed by atoms with E-state index in [0.29, 0.717) is 19.0 Å². The molecule has 3 rings (SSSR count). The van der Waals surface area contributed by atoms with Crippen molar-refractivity contribution in [3.05, 3.63) is 30.3 Å². The maximum Gasteiger partial charge on any atom is 0.250 e. The number of benzene rings is 1. The monoisotopic (exact) mass is 279 g/mol. The summed E-state index contributed by atoms with van der Waals surface area (Å²) in [6.07, 6.45) is 0.0244. The van der Waals surface area contributed by atoms with Gasteiger partial charge in [0.05, 0.1) is 24.3 Å². The van der Waals surface area contributed by atoms with E-state index >= 15 is 0 Å². The average molecular weight is 280 g/mol. The van der Waals surface area contributed by atoms with E-state index in [1.165, 1.54) is 0 Å². The molecule has 0 radical (unpaired) electrons. The number of tetrazole rings is 1. The Morgan fingerprint density at radius 3 is 2.95 bits per heavy atom. The molecule has 6 nitrogen and oxygen atoms in total. The van der Waals surface area contributed by atoms with Gasteiger partial charge in [0.2, 0.25) is 0 Å². The molecule has 19 heavy (non-hydrogen) atoms. The number of para-hydroxylation sites is 1. The maximum atomic E-state index is 5.85. The Morgan fingerprint density at radius 1 is 1.32 bits per heavy atom. The number of halogens is 1.